The van der Waals surface area contributed by atoms with Crippen LogP contribution in [0.4, 0.5) is 5.69 Å². The molecule has 6 nitrogen and oxygen atoms in total. The van der Waals surface area contributed by atoms with Crippen molar-refractivity contribution in [3.8, 4) is 22.9 Å². The molecule has 1 amide bonds. The zero-order chi connectivity index (χ0) is 19.8. The minimum absolute atomic E-state index is 0.138. The second-order valence-electron chi connectivity index (χ2n) is 7.00. The molecule has 5 rings (SSSR count). The summed E-state index contributed by atoms with van der Waals surface area (Å²) in [5.41, 5.74) is 4.58. The predicted octanol–water partition coefficient (Wildman–Crippen LogP) is 4.38. The van der Waals surface area contributed by atoms with Gasteiger partial charge in [0.2, 0.25) is 12.7 Å². The number of anilines is 1. The monoisotopic (exact) mass is 385 g/mol. The first-order valence-corrected chi connectivity index (χ1v) is 9.39. The van der Waals surface area contributed by atoms with Gasteiger partial charge >= 0.3 is 0 Å². The number of carbonyl (C=O) groups excluding carboxylic acids is 1. The number of carbonyl (C=O) groups is 1. The fraction of sp³-hybridized carbons (Fsp3) is 0.130. The first kappa shape index (κ1) is 17.3. The molecule has 0 atom stereocenters. The van der Waals surface area contributed by atoms with Gasteiger partial charge in [-0.1, -0.05) is 35.9 Å². The number of nitrogens with zero attached hydrogens (tertiary/aromatic N) is 2. The first-order valence-electron chi connectivity index (χ1n) is 9.39. The van der Waals surface area contributed by atoms with Crippen LogP contribution < -0.4 is 14.8 Å². The molecule has 29 heavy (non-hydrogen) atoms. The maximum absolute atomic E-state index is 12.8. The van der Waals surface area contributed by atoms with Crippen molar-refractivity contribution in [1.29, 1.82) is 0 Å². The average molecular weight is 385 g/mol. The van der Waals surface area contributed by atoms with E-state index in [9.17, 15) is 4.79 Å². The molecular formula is C23H19N3O3. The van der Waals surface area contributed by atoms with E-state index in [1.807, 2.05) is 54.0 Å². The Kier molecular flexibility index (Phi) is 4.17. The Bertz CT molecular complexity index is 1230. The molecule has 4 aromatic rings. The zero-order valence-electron chi connectivity index (χ0n) is 15.9. The van der Waals surface area contributed by atoms with Gasteiger partial charge < -0.3 is 19.4 Å². The quantitative estimate of drug-likeness (QED) is 0.566. The number of aromatic nitrogens is 2. The minimum Gasteiger partial charge on any atom is -0.454 e. The number of imidazole rings is 1. The van der Waals surface area contributed by atoms with Crippen molar-refractivity contribution < 1.29 is 14.3 Å². The molecular weight excluding hydrogens is 366 g/mol. The lowest BCUT2D eigenvalue weighted by Crippen LogP contribution is -2.19. The third-order valence-corrected chi connectivity index (χ3v) is 4.89. The number of ether oxygens (including phenoxy) is 2. The van der Waals surface area contributed by atoms with Gasteiger partial charge in [0.25, 0.3) is 0 Å². The second kappa shape index (κ2) is 6.98. The summed E-state index contributed by atoms with van der Waals surface area (Å²) in [6.45, 7) is 2.40. The van der Waals surface area contributed by atoms with Crippen molar-refractivity contribution in [1.82, 2.24) is 9.55 Å². The number of amides is 1. The molecule has 0 saturated carbocycles. The number of aryl methyl sites for hydroxylation is 1. The summed E-state index contributed by atoms with van der Waals surface area (Å²) in [4.78, 5) is 17.6. The highest BCUT2D eigenvalue weighted by molar-refractivity contribution is 5.93. The molecule has 0 bridgehead atoms. The van der Waals surface area contributed by atoms with Crippen molar-refractivity contribution >= 4 is 22.6 Å². The number of rotatable bonds is 4. The van der Waals surface area contributed by atoms with Crippen LogP contribution in [0.25, 0.3) is 22.4 Å². The van der Waals surface area contributed by atoms with Crippen LogP contribution >= 0.6 is 0 Å². The number of benzene rings is 3. The summed E-state index contributed by atoms with van der Waals surface area (Å²) in [5, 5.41) is 2.94. The second-order valence-corrected chi connectivity index (χ2v) is 7.00. The molecule has 1 N–H and O–H groups in total. The lowest BCUT2D eigenvalue weighted by atomic mass is 10.1. The van der Waals surface area contributed by atoms with E-state index in [0.717, 1.165) is 28.0 Å². The van der Waals surface area contributed by atoms with Gasteiger partial charge in [-0.25, -0.2) is 4.98 Å². The highest BCUT2D eigenvalue weighted by Crippen LogP contribution is 2.34. The lowest BCUT2D eigenvalue weighted by Gasteiger charge is -2.11. The Morgan fingerprint density at radius 1 is 1.03 bits per heavy atom. The van der Waals surface area contributed by atoms with Crippen molar-refractivity contribution in [2.24, 2.45) is 0 Å². The standard InChI is InChI=1S/C23H19N3O3/c1-15-5-4-6-16(11-15)23-25-18-7-2-3-8-19(18)26(23)13-22(27)24-17-9-10-20-21(12-17)29-14-28-20/h2-12H,13-14H2,1H3,(H,24,27). The van der Waals surface area contributed by atoms with E-state index >= 15 is 0 Å². The summed E-state index contributed by atoms with van der Waals surface area (Å²) in [6.07, 6.45) is 0. The van der Waals surface area contributed by atoms with Gasteiger partial charge in [-0.15, -0.1) is 0 Å². The Morgan fingerprint density at radius 3 is 2.79 bits per heavy atom. The zero-order valence-corrected chi connectivity index (χ0v) is 15.9. The van der Waals surface area contributed by atoms with Gasteiger partial charge in [0.15, 0.2) is 11.5 Å². The molecule has 0 saturated heterocycles. The van der Waals surface area contributed by atoms with Crippen LogP contribution in [-0.4, -0.2) is 22.3 Å². The minimum atomic E-state index is -0.138. The Hall–Kier alpha value is -3.80. The van der Waals surface area contributed by atoms with Gasteiger partial charge in [0.1, 0.15) is 12.4 Å². The molecule has 144 valence electrons. The highest BCUT2D eigenvalue weighted by Gasteiger charge is 2.17. The fourth-order valence-corrected chi connectivity index (χ4v) is 3.56. The van der Waals surface area contributed by atoms with Gasteiger partial charge in [0, 0.05) is 17.3 Å². The topological polar surface area (TPSA) is 65.4 Å². The Labute approximate surface area is 167 Å². The van der Waals surface area contributed by atoms with E-state index in [-0.39, 0.29) is 19.2 Å². The molecule has 0 unspecified atom stereocenters. The van der Waals surface area contributed by atoms with Gasteiger partial charge in [0.05, 0.1) is 11.0 Å². The third kappa shape index (κ3) is 3.29. The van der Waals surface area contributed by atoms with Crippen LogP contribution in [0.15, 0.2) is 66.7 Å². The molecule has 3 aromatic carbocycles. The van der Waals surface area contributed by atoms with Gasteiger partial charge in [-0.3, -0.25) is 4.79 Å². The smallest absolute Gasteiger partial charge is 0.244 e. The third-order valence-electron chi connectivity index (χ3n) is 4.89. The van der Waals surface area contributed by atoms with Crippen LogP contribution in [0.1, 0.15) is 5.56 Å². The number of para-hydroxylation sites is 2. The molecule has 1 aliphatic rings. The van der Waals surface area contributed by atoms with E-state index < -0.39 is 0 Å². The SMILES string of the molecule is Cc1cccc(-c2nc3ccccc3n2CC(=O)Nc2ccc3c(c2)OCO3)c1. The summed E-state index contributed by atoms with van der Waals surface area (Å²) in [7, 11) is 0. The molecule has 0 aliphatic carbocycles. The Balaban J connectivity index is 1.47. The van der Waals surface area contributed by atoms with Crippen LogP contribution in [0.5, 0.6) is 11.5 Å². The van der Waals surface area contributed by atoms with Gasteiger partial charge in [-0.05, 0) is 37.3 Å². The molecule has 1 aromatic heterocycles. The van der Waals surface area contributed by atoms with Crippen LogP contribution in [0, 0.1) is 6.92 Å². The highest BCUT2D eigenvalue weighted by atomic mass is 16.7. The number of hydrogen-bond acceptors (Lipinski definition) is 4. The average Bonchev–Trinajstić information content (AvgIpc) is 3.32. The molecule has 0 fully saturated rings. The summed E-state index contributed by atoms with van der Waals surface area (Å²) >= 11 is 0. The van der Waals surface area contributed by atoms with Crippen molar-refractivity contribution in [3.05, 3.63) is 72.3 Å². The maximum atomic E-state index is 12.8. The van der Waals surface area contributed by atoms with Crippen LogP contribution in [0.2, 0.25) is 0 Å². The van der Waals surface area contributed by atoms with Crippen molar-refractivity contribution in [3.63, 3.8) is 0 Å². The molecule has 2 heterocycles. The van der Waals surface area contributed by atoms with E-state index in [2.05, 4.69) is 11.4 Å². The first-order chi connectivity index (χ1) is 14.2. The lowest BCUT2D eigenvalue weighted by molar-refractivity contribution is -0.116. The normalized spacial score (nSPS) is 12.3. The van der Waals surface area contributed by atoms with E-state index in [1.165, 1.54) is 0 Å². The summed E-state index contributed by atoms with van der Waals surface area (Å²) in [6, 6.07) is 21.4. The maximum Gasteiger partial charge on any atom is 0.244 e. The predicted molar refractivity (Wildman–Crippen MR) is 111 cm³/mol. The molecule has 1 aliphatic heterocycles. The molecule has 6 heteroatoms. The van der Waals surface area contributed by atoms with Gasteiger partial charge in [-0.2, -0.15) is 0 Å². The van der Waals surface area contributed by atoms with Crippen LogP contribution in [-0.2, 0) is 11.3 Å². The van der Waals surface area contributed by atoms with E-state index in [1.54, 1.807) is 18.2 Å². The van der Waals surface area contributed by atoms with Crippen molar-refractivity contribution in [2.45, 2.75) is 13.5 Å². The molecule has 0 radical (unpaired) electrons. The summed E-state index contributed by atoms with van der Waals surface area (Å²) < 4.78 is 12.7. The largest absolute Gasteiger partial charge is 0.454 e. The Morgan fingerprint density at radius 2 is 1.90 bits per heavy atom. The van der Waals surface area contributed by atoms with E-state index in [0.29, 0.717) is 17.2 Å². The summed E-state index contributed by atoms with van der Waals surface area (Å²) in [5.74, 6) is 1.96. The number of nitrogens with one attached hydrogen (secondary N) is 1. The number of hydrogen-bond donors (Lipinski definition) is 1. The molecule has 0 spiro atoms. The number of fused-ring (bicyclic) bond motifs is 2. The van der Waals surface area contributed by atoms with E-state index in [4.69, 9.17) is 14.5 Å². The van der Waals surface area contributed by atoms with Crippen molar-refractivity contribution in [2.75, 3.05) is 12.1 Å². The fourth-order valence-electron chi connectivity index (χ4n) is 3.56. The van der Waals surface area contributed by atoms with Crippen LogP contribution in [0.3, 0.4) is 0 Å².